The van der Waals surface area contributed by atoms with Gasteiger partial charge in [0.05, 0.1) is 0 Å². The van der Waals surface area contributed by atoms with E-state index < -0.39 is 0 Å². The summed E-state index contributed by atoms with van der Waals surface area (Å²) in [5, 5.41) is 3.45. The third-order valence-corrected chi connectivity index (χ3v) is 2.47. The van der Waals surface area contributed by atoms with Gasteiger partial charge >= 0.3 is 0 Å². The van der Waals surface area contributed by atoms with Crippen LogP contribution in [0.25, 0.3) is 6.08 Å². The summed E-state index contributed by atoms with van der Waals surface area (Å²) in [7, 11) is 0. The van der Waals surface area contributed by atoms with E-state index in [9.17, 15) is 0 Å². The van der Waals surface area contributed by atoms with Gasteiger partial charge in [-0.2, -0.15) is 0 Å². The Morgan fingerprint density at radius 2 is 2.20 bits per heavy atom. The van der Waals surface area contributed by atoms with Gasteiger partial charge < -0.3 is 5.32 Å². The highest BCUT2D eigenvalue weighted by atomic mass is 14.8. The van der Waals surface area contributed by atoms with Crippen molar-refractivity contribution in [2.45, 2.75) is 32.7 Å². The number of nitrogens with one attached hydrogen (secondary N) is 1. The van der Waals surface area contributed by atoms with E-state index in [1.807, 2.05) is 6.08 Å². The number of hydrogen-bond acceptors (Lipinski definition) is 1. The maximum absolute atomic E-state index is 3.77. The maximum Gasteiger partial charge on any atom is 0.0205 e. The molecule has 0 radical (unpaired) electrons. The van der Waals surface area contributed by atoms with Crippen LogP contribution in [0.5, 0.6) is 0 Å². The van der Waals surface area contributed by atoms with Gasteiger partial charge in [0.25, 0.3) is 0 Å². The Morgan fingerprint density at radius 1 is 1.33 bits per heavy atom. The zero-order chi connectivity index (χ0) is 10.9. The van der Waals surface area contributed by atoms with Gasteiger partial charge in [-0.1, -0.05) is 56.7 Å². The number of hydrogen-bond donors (Lipinski definition) is 1. The van der Waals surface area contributed by atoms with Crippen LogP contribution >= 0.6 is 0 Å². The van der Waals surface area contributed by atoms with Crippen molar-refractivity contribution in [2.75, 3.05) is 6.54 Å². The molecule has 0 unspecified atom stereocenters. The molecule has 0 fully saturated rings. The molecule has 1 rings (SSSR count). The third kappa shape index (κ3) is 4.80. The molecule has 1 heteroatoms. The Labute approximate surface area is 93.2 Å². The van der Waals surface area contributed by atoms with E-state index in [0.29, 0.717) is 0 Å². The zero-order valence-corrected chi connectivity index (χ0v) is 9.63. The molecule has 1 aromatic rings. The monoisotopic (exact) mass is 203 g/mol. The number of benzene rings is 1. The molecule has 1 N–H and O–H groups in total. The van der Waals surface area contributed by atoms with Crippen LogP contribution in [0, 0.1) is 0 Å². The van der Waals surface area contributed by atoms with Crippen LogP contribution < -0.4 is 5.32 Å². The lowest BCUT2D eigenvalue weighted by Crippen LogP contribution is -2.14. The molecule has 0 saturated carbocycles. The molecule has 0 spiro atoms. The minimum atomic E-state index is 0.964. The summed E-state index contributed by atoms with van der Waals surface area (Å²) in [6, 6.07) is 8.49. The average molecular weight is 203 g/mol. The van der Waals surface area contributed by atoms with Crippen molar-refractivity contribution in [1.82, 2.24) is 5.32 Å². The normalized spacial score (nSPS) is 10.2. The predicted octanol–water partition coefficient (Wildman–Crippen LogP) is 3.61. The molecule has 1 aromatic carbocycles. The third-order valence-electron chi connectivity index (χ3n) is 2.47. The molecule has 0 atom stereocenters. The molecule has 1 nitrogen and oxygen atoms in total. The lowest BCUT2D eigenvalue weighted by atomic mass is 10.1. The number of rotatable bonds is 7. The van der Waals surface area contributed by atoms with Crippen LogP contribution in [0.15, 0.2) is 30.8 Å². The second kappa shape index (κ2) is 7.24. The molecule has 0 bridgehead atoms. The molecule has 0 aliphatic carbocycles. The van der Waals surface area contributed by atoms with Gasteiger partial charge in [-0.3, -0.25) is 0 Å². The van der Waals surface area contributed by atoms with Crippen molar-refractivity contribution in [3.63, 3.8) is 0 Å². The van der Waals surface area contributed by atoms with Crippen molar-refractivity contribution < 1.29 is 0 Å². The summed E-state index contributed by atoms with van der Waals surface area (Å²) in [5.74, 6) is 0. The van der Waals surface area contributed by atoms with Crippen molar-refractivity contribution in [3.8, 4) is 0 Å². The fourth-order valence-corrected chi connectivity index (χ4v) is 1.56. The molecule has 0 aliphatic rings. The fraction of sp³-hybridized carbons (Fsp3) is 0.429. The molecule has 0 aromatic heterocycles. The first-order valence-electron chi connectivity index (χ1n) is 5.79. The first-order chi connectivity index (χ1) is 7.36. The van der Waals surface area contributed by atoms with E-state index in [1.165, 1.54) is 30.4 Å². The van der Waals surface area contributed by atoms with Crippen LogP contribution in [0.2, 0.25) is 0 Å². The van der Waals surface area contributed by atoms with Gasteiger partial charge in [0.1, 0.15) is 0 Å². The highest BCUT2D eigenvalue weighted by Gasteiger charge is 1.93. The topological polar surface area (TPSA) is 12.0 Å². The van der Waals surface area contributed by atoms with E-state index in [0.717, 1.165) is 13.1 Å². The molecular weight excluding hydrogens is 182 g/mol. The van der Waals surface area contributed by atoms with Gasteiger partial charge in [0, 0.05) is 6.54 Å². The van der Waals surface area contributed by atoms with Gasteiger partial charge in [-0.15, -0.1) is 0 Å². The molecule has 82 valence electrons. The second-order valence-corrected chi connectivity index (χ2v) is 3.83. The first-order valence-corrected chi connectivity index (χ1v) is 5.79. The van der Waals surface area contributed by atoms with Gasteiger partial charge in [-0.05, 0) is 24.1 Å². The summed E-state index contributed by atoms with van der Waals surface area (Å²) in [6.07, 6.45) is 5.77. The lowest BCUT2D eigenvalue weighted by Gasteiger charge is -2.05. The van der Waals surface area contributed by atoms with Crippen molar-refractivity contribution in [2.24, 2.45) is 0 Å². The van der Waals surface area contributed by atoms with E-state index in [-0.39, 0.29) is 0 Å². The average Bonchev–Trinajstić information content (AvgIpc) is 2.29. The molecule has 0 amide bonds. The van der Waals surface area contributed by atoms with Crippen LogP contribution in [0.3, 0.4) is 0 Å². The summed E-state index contributed by atoms with van der Waals surface area (Å²) in [5.41, 5.74) is 2.53. The van der Waals surface area contributed by atoms with Gasteiger partial charge in [0.15, 0.2) is 0 Å². The molecule has 15 heavy (non-hydrogen) atoms. The van der Waals surface area contributed by atoms with Gasteiger partial charge in [-0.25, -0.2) is 0 Å². The molecule has 0 heterocycles. The largest absolute Gasteiger partial charge is 0.313 e. The minimum Gasteiger partial charge on any atom is -0.313 e. The summed E-state index contributed by atoms with van der Waals surface area (Å²) in [4.78, 5) is 0. The second-order valence-electron chi connectivity index (χ2n) is 3.83. The molecule has 0 saturated heterocycles. The smallest absolute Gasteiger partial charge is 0.0205 e. The summed E-state index contributed by atoms with van der Waals surface area (Å²) in [6.45, 7) is 8.08. The Kier molecular flexibility index (Phi) is 5.79. The fourth-order valence-electron chi connectivity index (χ4n) is 1.56. The first kappa shape index (κ1) is 12.0. The van der Waals surface area contributed by atoms with Crippen LogP contribution in [0.4, 0.5) is 0 Å². The highest BCUT2D eigenvalue weighted by molar-refractivity contribution is 5.47. The molecule has 0 aliphatic heterocycles. The van der Waals surface area contributed by atoms with E-state index >= 15 is 0 Å². The quantitative estimate of drug-likeness (QED) is 0.667. The lowest BCUT2D eigenvalue weighted by molar-refractivity contribution is 0.617. The predicted molar refractivity (Wildman–Crippen MR) is 67.8 cm³/mol. The molecular formula is C14H21N. The standard InChI is InChI=1S/C14H21N/c1-3-5-6-10-15-12-14-9-7-8-13(4-2)11-14/h4,7-9,11,15H,2-3,5-6,10,12H2,1H3. The Balaban J connectivity index is 2.27. The zero-order valence-electron chi connectivity index (χ0n) is 9.63. The Hall–Kier alpha value is -1.08. The van der Waals surface area contributed by atoms with E-state index in [4.69, 9.17) is 0 Å². The SMILES string of the molecule is C=Cc1cccc(CNCCCCC)c1. The van der Waals surface area contributed by atoms with Crippen molar-refractivity contribution >= 4 is 6.08 Å². The van der Waals surface area contributed by atoms with Crippen LogP contribution in [0.1, 0.15) is 37.3 Å². The summed E-state index contributed by atoms with van der Waals surface area (Å²) >= 11 is 0. The minimum absolute atomic E-state index is 0.964. The highest BCUT2D eigenvalue weighted by Crippen LogP contribution is 2.06. The van der Waals surface area contributed by atoms with Crippen LogP contribution in [-0.2, 0) is 6.54 Å². The van der Waals surface area contributed by atoms with Crippen molar-refractivity contribution in [3.05, 3.63) is 42.0 Å². The Bertz CT molecular complexity index is 291. The van der Waals surface area contributed by atoms with E-state index in [2.05, 4.69) is 43.1 Å². The maximum atomic E-state index is 3.77. The Morgan fingerprint density at radius 3 is 2.93 bits per heavy atom. The van der Waals surface area contributed by atoms with Crippen LogP contribution in [-0.4, -0.2) is 6.54 Å². The summed E-state index contributed by atoms with van der Waals surface area (Å²) < 4.78 is 0. The number of unbranched alkanes of at least 4 members (excludes halogenated alkanes) is 2. The van der Waals surface area contributed by atoms with E-state index in [1.54, 1.807) is 0 Å². The van der Waals surface area contributed by atoms with Crippen molar-refractivity contribution in [1.29, 1.82) is 0 Å². The van der Waals surface area contributed by atoms with Gasteiger partial charge in [0.2, 0.25) is 0 Å².